The number of ether oxygens (including phenoxy) is 1. The second kappa shape index (κ2) is 8.88. The van der Waals surface area contributed by atoms with Gasteiger partial charge >= 0.3 is 0 Å². The van der Waals surface area contributed by atoms with E-state index in [2.05, 4.69) is 0 Å². The van der Waals surface area contributed by atoms with Crippen LogP contribution >= 0.6 is 0 Å². The van der Waals surface area contributed by atoms with Crippen LogP contribution in [-0.4, -0.2) is 46.9 Å². The molecule has 0 N–H and O–H groups in total. The van der Waals surface area contributed by atoms with E-state index in [1.807, 2.05) is 82.5 Å². The largest absolute Gasteiger partial charge is 0.381 e. The zero-order valence-electron chi connectivity index (χ0n) is 16.6. The number of aromatic nitrogens is 2. The Labute approximate surface area is 171 Å². The number of carbonyl (C=O) groups excluding carboxylic acids is 1. The van der Waals surface area contributed by atoms with E-state index in [9.17, 15) is 4.79 Å². The van der Waals surface area contributed by atoms with Crippen LogP contribution in [-0.2, 0) is 9.53 Å². The normalized spacial score (nSPS) is 15.1. The molecule has 148 valence electrons. The predicted octanol–water partition coefficient (Wildman–Crippen LogP) is 4.19. The molecule has 1 aliphatic heterocycles. The molecule has 3 aromatic rings. The lowest BCUT2D eigenvalue weighted by Crippen LogP contribution is -2.39. The first kappa shape index (κ1) is 19.2. The lowest BCUT2D eigenvalue weighted by Gasteiger charge is -2.30. The van der Waals surface area contributed by atoms with E-state index in [1.54, 1.807) is 13.2 Å². The van der Waals surface area contributed by atoms with E-state index >= 15 is 0 Å². The van der Waals surface area contributed by atoms with Crippen molar-refractivity contribution in [3.63, 3.8) is 0 Å². The summed E-state index contributed by atoms with van der Waals surface area (Å²) >= 11 is 0. The van der Waals surface area contributed by atoms with Crippen LogP contribution in [0.3, 0.4) is 0 Å². The standard InChI is InChI=1S/C24H25N3O2/c1-29-22-14-16-26(17-15-22)23(28)13-12-20-18-27(21-10-6-3-7-11-21)25-24(20)19-8-4-2-5-9-19/h2-13,18,22H,14-17H2,1H3/b13-12+. The lowest BCUT2D eigenvalue weighted by molar-refractivity contribution is -0.128. The van der Waals surface area contributed by atoms with Crippen LogP contribution in [0.4, 0.5) is 0 Å². The quantitative estimate of drug-likeness (QED) is 0.617. The Morgan fingerprint density at radius 1 is 1.03 bits per heavy atom. The zero-order valence-corrected chi connectivity index (χ0v) is 16.6. The third kappa shape index (κ3) is 4.46. The molecule has 5 heteroatoms. The van der Waals surface area contributed by atoms with Crippen LogP contribution in [0.5, 0.6) is 0 Å². The number of para-hydroxylation sites is 1. The number of nitrogens with zero attached hydrogens (tertiary/aromatic N) is 3. The third-order valence-corrected chi connectivity index (χ3v) is 5.30. The maximum Gasteiger partial charge on any atom is 0.246 e. The Morgan fingerprint density at radius 3 is 2.34 bits per heavy atom. The summed E-state index contributed by atoms with van der Waals surface area (Å²) in [5.74, 6) is 0.0334. The highest BCUT2D eigenvalue weighted by Gasteiger charge is 2.21. The van der Waals surface area contributed by atoms with Crippen LogP contribution in [0, 0.1) is 0 Å². The topological polar surface area (TPSA) is 47.4 Å². The Hall–Kier alpha value is -3.18. The fourth-order valence-corrected chi connectivity index (χ4v) is 3.62. The molecule has 0 bridgehead atoms. The molecule has 0 aliphatic carbocycles. The molecule has 5 nitrogen and oxygen atoms in total. The molecule has 0 unspecified atom stereocenters. The van der Waals surface area contributed by atoms with Gasteiger partial charge in [0, 0.05) is 43.6 Å². The van der Waals surface area contributed by atoms with E-state index in [0.29, 0.717) is 0 Å². The summed E-state index contributed by atoms with van der Waals surface area (Å²) in [6.07, 6.45) is 7.54. The number of rotatable bonds is 5. The number of hydrogen-bond donors (Lipinski definition) is 0. The number of carbonyl (C=O) groups is 1. The molecular weight excluding hydrogens is 362 g/mol. The van der Waals surface area contributed by atoms with Crippen LogP contribution in [0.1, 0.15) is 18.4 Å². The van der Waals surface area contributed by atoms with E-state index in [4.69, 9.17) is 9.84 Å². The molecule has 1 aliphatic rings. The van der Waals surface area contributed by atoms with Crippen molar-refractivity contribution in [1.82, 2.24) is 14.7 Å². The lowest BCUT2D eigenvalue weighted by atomic mass is 10.1. The first-order chi connectivity index (χ1) is 14.2. The monoisotopic (exact) mass is 387 g/mol. The van der Waals surface area contributed by atoms with Gasteiger partial charge in [0.25, 0.3) is 0 Å². The van der Waals surface area contributed by atoms with Crippen molar-refractivity contribution in [2.24, 2.45) is 0 Å². The van der Waals surface area contributed by atoms with Crippen molar-refractivity contribution in [3.05, 3.63) is 78.5 Å². The number of hydrogen-bond acceptors (Lipinski definition) is 3. The van der Waals surface area contributed by atoms with Crippen LogP contribution in [0.15, 0.2) is 72.9 Å². The fourth-order valence-electron chi connectivity index (χ4n) is 3.62. The molecule has 1 amide bonds. The fraction of sp³-hybridized carbons (Fsp3) is 0.250. The summed E-state index contributed by atoms with van der Waals surface area (Å²) < 4.78 is 7.25. The minimum Gasteiger partial charge on any atom is -0.381 e. The average molecular weight is 387 g/mol. The van der Waals surface area contributed by atoms with Crippen molar-refractivity contribution in [1.29, 1.82) is 0 Å². The summed E-state index contributed by atoms with van der Waals surface area (Å²) in [4.78, 5) is 14.5. The molecule has 2 aromatic carbocycles. The highest BCUT2D eigenvalue weighted by Crippen LogP contribution is 2.25. The summed E-state index contributed by atoms with van der Waals surface area (Å²) in [5.41, 5.74) is 3.78. The van der Waals surface area contributed by atoms with Gasteiger partial charge in [-0.3, -0.25) is 4.79 Å². The molecule has 0 saturated carbocycles. The maximum atomic E-state index is 12.7. The van der Waals surface area contributed by atoms with Crippen LogP contribution < -0.4 is 0 Å². The van der Waals surface area contributed by atoms with Gasteiger partial charge in [-0.05, 0) is 31.1 Å². The molecule has 1 saturated heterocycles. The van der Waals surface area contributed by atoms with Crippen LogP contribution in [0.25, 0.3) is 23.0 Å². The first-order valence-corrected chi connectivity index (χ1v) is 9.95. The van der Waals surface area contributed by atoms with Gasteiger partial charge < -0.3 is 9.64 Å². The molecule has 0 atom stereocenters. The number of amides is 1. The summed E-state index contributed by atoms with van der Waals surface area (Å²) in [6.45, 7) is 1.47. The van der Waals surface area contributed by atoms with Crippen molar-refractivity contribution in [3.8, 4) is 16.9 Å². The van der Waals surface area contributed by atoms with Gasteiger partial charge in [-0.1, -0.05) is 48.5 Å². The third-order valence-electron chi connectivity index (χ3n) is 5.30. The van der Waals surface area contributed by atoms with Crippen molar-refractivity contribution >= 4 is 12.0 Å². The van der Waals surface area contributed by atoms with E-state index in [-0.39, 0.29) is 12.0 Å². The van der Waals surface area contributed by atoms with Gasteiger partial charge in [0.1, 0.15) is 0 Å². The van der Waals surface area contributed by atoms with E-state index in [1.165, 1.54) is 0 Å². The Kier molecular flexibility index (Phi) is 5.86. The Balaban J connectivity index is 1.59. The second-order valence-corrected chi connectivity index (χ2v) is 7.17. The molecule has 0 spiro atoms. The molecule has 1 fully saturated rings. The van der Waals surface area contributed by atoms with Gasteiger partial charge in [-0.25, -0.2) is 4.68 Å². The zero-order chi connectivity index (χ0) is 20.1. The van der Waals surface area contributed by atoms with E-state index in [0.717, 1.165) is 48.4 Å². The van der Waals surface area contributed by atoms with Crippen LogP contribution in [0.2, 0.25) is 0 Å². The van der Waals surface area contributed by atoms with Gasteiger partial charge in [0.2, 0.25) is 5.91 Å². The minimum atomic E-state index is 0.0334. The van der Waals surface area contributed by atoms with Gasteiger partial charge in [-0.15, -0.1) is 0 Å². The number of likely N-dealkylation sites (tertiary alicyclic amines) is 1. The van der Waals surface area contributed by atoms with Crippen molar-refractivity contribution < 1.29 is 9.53 Å². The van der Waals surface area contributed by atoms with Gasteiger partial charge in [0.15, 0.2) is 0 Å². The highest BCUT2D eigenvalue weighted by atomic mass is 16.5. The van der Waals surface area contributed by atoms with Gasteiger partial charge in [-0.2, -0.15) is 5.10 Å². The Morgan fingerprint density at radius 2 is 1.69 bits per heavy atom. The SMILES string of the molecule is COC1CCN(C(=O)/C=C/c2cn(-c3ccccc3)nc2-c2ccccc2)CC1. The minimum absolute atomic E-state index is 0.0334. The first-order valence-electron chi connectivity index (χ1n) is 9.95. The number of piperidine rings is 1. The average Bonchev–Trinajstić information content (AvgIpc) is 3.23. The second-order valence-electron chi connectivity index (χ2n) is 7.17. The Bertz CT molecular complexity index is 972. The number of methoxy groups -OCH3 is 1. The number of benzene rings is 2. The molecule has 4 rings (SSSR count). The van der Waals surface area contributed by atoms with Crippen molar-refractivity contribution in [2.75, 3.05) is 20.2 Å². The maximum absolute atomic E-state index is 12.7. The van der Waals surface area contributed by atoms with Crippen molar-refractivity contribution in [2.45, 2.75) is 18.9 Å². The molecule has 29 heavy (non-hydrogen) atoms. The molecular formula is C24H25N3O2. The van der Waals surface area contributed by atoms with E-state index < -0.39 is 0 Å². The smallest absolute Gasteiger partial charge is 0.246 e. The molecule has 1 aromatic heterocycles. The predicted molar refractivity (Wildman–Crippen MR) is 115 cm³/mol. The van der Waals surface area contributed by atoms with Gasteiger partial charge in [0.05, 0.1) is 17.5 Å². The molecule has 0 radical (unpaired) electrons. The summed E-state index contributed by atoms with van der Waals surface area (Å²) in [7, 11) is 1.73. The summed E-state index contributed by atoms with van der Waals surface area (Å²) in [6, 6.07) is 20.0. The summed E-state index contributed by atoms with van der Waals surface area (Å²) in [5, 5.41) is 4.79. The molecule has 2 heterocycles. The highest BCUT2D eigenvalue weighted by molar-refractivity contribution is 5.93.